The molecule has 3 nitrogen and oxygen atoms in total. The van der Waals surface area contributed by atoms with Gasteiger partial charge in [0.25, 0.3) is 5.91 Å². The quantitative estimate of drug-likeness (QED) is 0.725. The van der Waals surface area contributed by atoms with Gasteiger partial charge in [-0.3, -0.25) is 4.79 Å². The van der Waals surface area contributed by atoms with Gasteiger partial charge in [0.05, 0.1) is 0 Å². The molecule has 0 heterocycles. The second kappa shape index (κ2) is 9.54. The van der Waals surface area contributed by atoms with Gasteiger partial charge in [-0.05, 0) is 30.5 Å². The van der Waals surface area contributed by atoms with Gasteiger partial charge in [0.15, 0.2) is 0 Å². The summed E-state index contributed by atoms with van der Waals surface area (Å²) in [5.74, 6) is -0.0312. The third-order valence-electron chi connectivity index (χ3n) is 3.58. The van der Waals surface area contributed by atoms with Crippen LogP contribution in [0.25, 0.3) is 0 Å². The highest BCUT2D eigenvalue weighted by atomic mass is 16.1. The molecule has 1 amide bonds. The van der Waals surface area contributed by atoms with Crippen molar-refractivity contribution in [3.8, 4) is 0 Å². The minimum Gasteiger partial charge on any atom is -0.355 e. The van der Waals surface area contributed by atoms with E-state index in [1.54, 1.807) is 7.05 Å². The van der Waals surface area contributed by atoms with Crippen LogP contribution in [0.5, 0.6) is 0 Å². The average molecular weight is 276 g/mol. The largest absolute Gasteiger partial charge is 0.355 e. The number of rotatable bonds is 9. The van der Waals surface area contributed by atoms with E-state index in [4.69, 9.17) is 0 Å². The fraction of sp³-hybridized carbons (Fsp3) is 0.588. The van der Waals surface area contributed by atoms with Crippen LogP contribution in [0.3, 0.4) is 0 Å². The molecule has 3 heteroatoms. The third kappa shape index (κ3) is 5.74. The Morgan fingerprint density at radius 2 is 1.80 bits per heavy atom. The van der Waals surface area contributed by atoms with Crippen molar-refractivity contribution in [3.05, 3.63) is 35.4 Å². The van der Waals surface area contributed by atoms with Gasteiger partial charge in [-0.25, -0.2) is 0 Å². The zero-order chi connectivity index (χ0) is 14.8. The molecule has 1 unspecified atom stereocenters. The van der Waals surface area contributed by atoms with Gasteiger partial charge in [0.1, 0.15) is 0 Å². The number of nitrogens with one attached hydrogen (secondary N) is 2. The molecule has 0 spiro atoms. The van der Waals surface area contributed by atoms with Gasteiger partial charge in [0.2, 0.25) is 0 Å². The number of benzene rings is 1. The summed E-state index contributed by atoms with van der Waals surface area (Å²) in [6.07, 6.45) is 6.24. The van der Waals surface area contributed by atoms with Gasteiger partial charge in [0, 0.05) is 25.2 Å². The predicted octanol–water partition coefficient (Wildman–Crippen LogP) is 3.49. The molecule has 0 saturated carbocycles. The summed E-state index contributed by atoms with van der Waals surface area (Å²) in [5.41, 5.74) is 1.95. The summed E-state index contributed by atoms with van der Waals surface area (Å²) in [6, 6.07) is 8.44. The number of hydrogen-bond acceptors (Lipinski definition) is 2. The van der Waals surface area contributed by atoms with E-state index in [-0.39, 0.29) is 5.91 Å². The normalized spacial score (nSPS) is 12.2. The van der Waals surface area contributed by atoms with Crippen LogP contribution in [0.15, 0.2) is 24.3 Å². The van der Waals surface area contributed by atoms with Crippen molar-refractivity contribution in [2.45, 2.75) is 58.5 Å². The van der Waals surface area contributed by atoms with E-state index < -0.39 is 0 Å². The molecular weight excluding hydrogens is 248 g/mol. The molecular formula is C17H28N2O. The van der Waals surface area contributed by atoms with E-state index in [1.807, 2.05) is 24.3 Å². The Hall–Kier alpha value is -1.35. The fourth-order valence-electron chi connectivity index (χ4n) is 2.33. The lowest BCUT2D eigenvalue weighted by Crippen LogP contribution is -2.28. The minimum atomic E-state index is -0.0312. The molecule has 20 heavy (non-hydrogen) atoms. The highest BCUT2D eigenvalue weighted by Crippen LogP contribution is 2.09. The van der Waals surface area contributed by atoms with Crippen LogP contribution >= 0.6 is 0 Å². The van der Waals surface area contributed by atoms with E-state index in [2.05, 4.69) is 24.5 Å². The Labute approximate surface area is 123 Å². The van der Waals surface area contributed by atoms with Crippen LogP contribution in [0, 0.1) is 0 Å². The first-order chi connectivity index (χ1) is 9.71. The zero-order valence-corrected chi connectivity index (χ0v) is 13.0. The lowest BCUT2D eigenvalue weighted by atomic mass is 10.0. The first-order valence-corrected chi connectivity index (χ1v) is 7.75. The van der Waals surface area contributed by atoms with Gasteiger partial charge < -0.3 is 10.6 Å². The Morgan fingerprint density at radius 3 is 2.35 bits per heavy atom. The number of carbonyl (C=O) groups excluding carboxylic acids is 1. The smallest absolute Gasteiger partial charge is 0.251 e. The fourth-order valence-corrected chi connectivity index (χ4v) is 2.33. The van der Waals surface area contributed by atoms with Crippen molar-refractivity contribution in [1.82, 2.24) is 10.6 Å². The molecule has 0 aromatic heterocycles. The maximum atomic E-state index is 11.5. The molecule has 2 N–H and O–H groups in total. The number of hydrogen-bond donors (Lipinski definition) is 2. The molecule has 0 saturated heterocycles. The number of carbonyl (C=O) groups is 1. The molecule has 1 aromatic rings. The first-order valence-electron chi connectivity index (χ1n) is 7.75. The maximum Gasteiger partial charge on any atom is 0.251 e. The van der Waals surface area contributed by atoms with Crippen LogP contribution in [-0.4, -0.2) is 19.0 Å². The van der Waals surface area contributed by atoms with E-state index >= 15 is 0 Å². The SMILES string of the molecule is CCCCC(CCC)NCc1ccc(C(=O)NC)cc1. The second-order valence-corrected chi connectivity index (χ2v) is 5.28. The van der Waals surface area contributed by atoms with Crippen LogP contribution in [-0.2, 0) is 6.54 Å². The summed E-state index contributed by atoms with van der Waals surface area (Å²) < 4.78 is 0. The highest BCUT2D eigenvalue weighted by molar-refractivity contribution is 5.93. The van der Waals surface area contributed by atoms with E-state index in [0.29, 0.717) is 11.6 Å². The number of amides is 1. The lowest BCUT2D eigenvalue weighted by molar-refractivity contribution is 0.0963. The Bertz CT molecular complexity index is 386. The summed E-state index contributed by atoms with van der Waals surface area (Å²) in [7, 11) is 1.65. The predicted molar refractivity (Wildman–Crippen MR) is 84.9 cm³/mol. The molecule has 1 atom stereocenters. The average Bonchev–Trinajstić information content (AvgIpc) is 2.49. The minimum absolute atomic E-state index is 0.0312. The lowest BCUT2D eigenvalue weighted by Gasteiger charge is -2.18. The Balaban J connectivity index is 2.48. The molecule has 0 aliphatic carbocycles. The van der Waals surface area contributed by atoms with E-state index in [1.165, 1.54) is 37.7 Å². The molecule has 1 aromatic carbocycles. The zero-order valence-electron chi connectivity index (χ0n) is 13.0. The monoisotopic (exact) mass is 276 g/mol. The maximum absolute atomic E-state index is 11.5. The van der Waals surface area contributed by atoms with Gasteiger partial charge in [-0.2, -0.15) is 0 Å². The van der Waals surface area contributed by atoms with Crippen molar-refractivity contribution in [3.63, 3.8) is 0 Å². The molecule has 0 radical (unpaired) electrons. The van der Waals surface area contributed by atoms with Gasteiger partial charge >= 0.3 is 0 Å². The van der Waals surface area contributed by atoms with Gasteiger partial charge in [-0.1, -0.05) is 45.2 Å². The van der Waals surface area contributed by atoms with Crippen molar-refractivity contribution in [2.75, 3.05) is 7.05 Å². The summed E-state index contributed by atoms with van der Waals surface area (Å²) >= 11 is 0. The summed E-state index contributed by atoms with van der Waals surface area (Å²) in [5, 5.41) is 6.27. The van der Waals surface area contributed by atoms with Crippen molar-refractivity contribution < 1.29 is 4.79 Å². The Kier molecular flexibility index (Phi) is 7.97. The molecule has 0 bridgehead atoms. The first kappa shape index (κ1) is 16.7. The van der Waals surface area contributed by atoms with Crippen LogP contribution in [0.2, 0.25) is 0 Å². The van der Waals surface area contributed by atoms with Crippen molar-refractivity contribution in [2.24, 2.45) is 0 Å². The van der Waals surface area contributed by atoms with E-state index in [0.717, 1.165) is 6.54 Å². The molecule has 0 aliphatic heterocycles. The third-order valence-corrected chi connectivity index (χ3v) is 3.58. The molecule has 0 fully saturated rings. The van der Waals surface area contributed by atoms with Crippen LogP contribution in [0.4, 0.5) is 0 Å². The van der Waals surface area contributed by atoms with Crippen LogP contribution < -0.4 is 10.6 Å². The number of unbranched alkanes of at least 4 members (excludes halogenated alkanes) is 1. The topological polar surface area (TPSA) is 41.1 Å². The van der Waals surface area contributed by atoms with E-state index in [9.17, 15) is 4.79 Å². The second-order valence-electron chi connectivity index (χ2n) is 5.28. The highest BCUT2D eigenvalue weighted by Gasteiger charge is 2.07. The molecule has 0 aliphatic rings. The summed E-state index contributed by atoms with van der Waals surface area (Å²) in [6.45, 7) is 5.35. The summed E-state index contributed by atoms with van der Waals surface area (Å²) in [4.78, 5) is 11.5. The van der Waals surface area contributed by atoms with Crippen LogP contribution in [0.1, 0.15) is 61.9 Å². The molecule has 112 valence electrons. The molecule has 1 rings (SSSR count). The van der Waals surface area contributed by atoms with Crippen molar-refractivity contribution >= 4 is 5.91 Å². The standard InChI is InChI=1S/C17H28N2O/c1-4-6-8-16(7-5-2)19-13-14-9-11-15(12-10-14)17(20)18-3/h9-12,16,19H,4-8,13H2,1-3H3,(H,18,20). The van der Waals surface area contributed by atoms with Gasteiger partial charge in [-0.15, -0.1) is 0 Å². The van der Waals surface area contributed by atoms with Crippen molar-refractivity contribution in [1.29, 1.82) is 0 Å². The Morgan fingerprint density at radius 1 is 1.10 bits per heavy atom.